The lowest BCUT2D eigenvalue weighted by atomic mass is 9.48. The van der Waals surface area contributed by atoms with Crippen LogP contribution < -0.4 is 9.47 Å². The molecule has 0 radical (unpaired) electrons. The molecule has 2 aromatic carbocycles. The van der Waals surface area contributed by atoms with Gasteiger partial charge in [-0.15, -0.1) is 6.42 Å². The summed E-state index contributed by atoms with van der Waals surface area (Å²) < 4.78 is 22.8. The van der Waals surface area contributed by atoms with Crippen molar-refractivity contribution >= 4 is 17.8 Å². The SMILES string of the molecule is C#CCOc1cc(OCOCCOC)c(C23CC4CC(CC(C4)C2)C3)cc1C(=O)/C=C/c1ccc(C(=O)O)cc1. The number of carbonyl (C=O) groups excluding carboxylic acids is 1. The largest absolute Gasteiger partial charge is 0.480 e. The van der Waals surface area contributed by atoms with Crippen molar-refractivity contribution in [1.29, 1.82) is 0 Å². The van der Waals surface area contributed by atoms with E-state index in [1.165, 1.54) is 37.5 Å². The summed E-state index contributed by atoms with van der Waals surface area (Å²) >= 11 is 0. The highest BCUT2D eigenvalue weighted by atomic mass is 16.7. The second kappa shape index (κ2) is 12.3. The first-order valence-electron chi connectivity index (χ1n) is 13.9. The van der Waals surface area contributed by atoms with E-state index >= 15 is 0 Å². The molecule has 0 aliphatic heterocycles. The molecule has 0 aromatic heterocycles. The second-order valence-electron chi connectivity index (χ2n) is 11.3. The molecular formula is C33H36O7. The van der Waals surface area contributed by atoms with Crippen molar-refractivity contribution in [3.8, 4) is 23.8 Å². The summed E-state index contributed by atoms with van der Waals surface area (Å²) in [7, 11) is 1.62. The van der Waals surface area contributed by atoms with Crippen molar-refractivity contribution in [2.45, 2.75) is 43.9 Å². The van der Waals surface area contributed by atoms with E-state index in [-0.39, 0.29) is 30.2 Å². The van der Waals surface area contributed by atoms with Gasteiger partial charge in [-0.25, -0.2) is 4.79 Å². The number of terminal acetylenes is 1. The van der Waals surface area contributed by atoms with Crippen LogP contribution in [0.5, 0.6) is 11.5 Å². The van der Waals surface area contributed by atoms with E-state index < -0.39 is 5.97 Å². The fourth-order valence-electron chi connectivity index (χ4n) is 7.27. The Morgan fingerprint density at radius 3 is 2.27 bits per heavy atom. The number of hydrogen-bond donors (Lipinski definition) is 1. The quantitative estimate of drug-likeness (QED) is 0.113. The average molecular weight is 545 g/mol. The Balaban J connectivity index is 1.49. The van der Waals surface area contributed by atoms with Crippen LogP contribution in [0.2, 0.25) is 0 Å². The summed E-state index contributed by atoms with van der Waals surface area (Å²) in [5.41, 5.74) is 2.37. The van der Waals surface area contributed by atoms with Crippen molar-refractivity contribution in [1.82, 2.24) is 0 Å². The fourth-order valence-corrected chi connectivity index (χ4v) is 7.27. The maximum Gasteiger partial charge on any atom is 0.335 e. The van der Waals surface area contributed by atoms with Crippen LogP contribution in [0.1, 0.15) is 70.4 Å². The molecule has 6 rings (SSSR count). The standard InChI is InChI=1S/C33H36O7/c1-3-10-39-30-17-31(40-21-38-12-11-37-2)28(33-18-23-13-24(19-33)15-25(14-23)20-33)16-27(30)29(34)9-6-22-4-7-26(8-5-22)32(35)36/h1,4-9,16-17,23-25H,10-15,18-21H2,2H3,(H,35,36)/b9-6+. The minimum Gasteiger partial charge on any atom is -0.480 e. The number of carboxylic acids is 1. The number of methoxy groups -OCH3 is 1. The Labute approximate surface area is 235 Å². The highest BCUT2D eigenvalue weighted by Gasteiger charge is 2.52. The molecule has 0 amide bonds. The van der Waals surface area contributed by atoms with Gasteiger partial charge in [0.25, 0.3) is 0 Å². The smallest absolute Gasteiger partial charge is 0.335 e. The maximum absolute atomic E-state index is 13.6. The number of allylic oxidation sites excluding steroid dienone is 1. The first-order chi connectivity index (χ1) is 19.4. The number of rotatable bonds is 13. The number of ether oxygens (including phenoxy) is 4. The zero-order chi connectivity index (χ0) is 28.1. The molecule has 7 nitrogen and oxygen atoms in total. The maximum atomic E-state index is 13.6. The van der Waals surface area contributed by atoms with Crippen LogP contribution in [0, 0.1) is 30.1 Å². The number of ketones is 1. The fraction of sp³-hybridized carbons (Fsp3) is 0.455. The van der Waals surface area contributed by atoms with Crippen molar-refractivity contribution in [2.24, 2.45) is 17.8 Å². The zero-order valence-corrected chi connectivity index (χ0v) is 22.9. The lowest BCUT2D eigenvalue weighted by molar-refractivity contribution is -0.0190. The summed E-state index contributed by atoms with van der Waals surface area (Å²) in [6.07, 6.45) is 15.9. The molecule has 0 saturated heterocycles. The third-order valence-corrected chi connectivity index (χ3v) is 8.58. The Morgan fingerprint density at radius 2 is 1.68 bits per heavy atom. The van der Waals surface area contributed by atoms with Gasteiger partial charge in [0.05, 0.1) is 24.3 Å². The van der Waals surface area contributed by atoms with Gasteiger partial charge in [0.2, 0.25) is 0 Å². The predicted octanol–water partition coefficient (Wildman–Crippen LogP) is 5.76. The Bertz CT molecular complexity index is 1270. The van der Waals surface area contributed by atoms with Crippen LogP contribution >= 0.6 is 0 Å². The van der Waals surface area contributed by atoms with Crippen molar-refractivity contribution in [3.63, 3.8) is 0 Å². The topological polar surface area (TPSA) is 91.3 Å². The van der Waals surface area contributed by atoms with E-state index in [4.69, 9.17) is 30.5 Å². The van der Waals surface area contributed by atoms with Gasteiger partial charge in [-0.1, -0.05) is 24.1 Å². The van der Waals surface area contributed by atoms with E-state index in [9.17, 15) is 9.59 Å². The Kier molecular flexibility index (Phi) is 8.58. The van der Waals surface area contributed by atoms with Crippen LogP contribution in [-0.4, -0.2) is 50.6 Å². The van der Waals surface area contributed by atoms with Gasteiger partial charge in [-0.2, -0.15) is 0 Å². The van der Waals surface area contributed by atoms with Crippen LogP contribution in [0.3, 0.4) is 0 Å². The summed E-state index contributed by atoms with van der Waals surface area (Å²) in [6, 6.07) is 10.1. The molecule has 4 aliphatic rings. The number of carbonyl (C=O) groups is 2. The van der Waals surface area contributed by atoms with Crippen molar-refractivity contribution in [2.75, 3.05) is 33.7 Å². The average Bonchev–Trinajstić information content (AvgIpc) is 2.94. The molecule has 0 atom stereocenters. The van der Waals surface area contributed by atoms with E-state index in [1.54, 1.807) is 31.4 Å². The molecule has 4 fully saturated rings. The van der Waals surface area contributed by atoms with Gasteiger partial charge in [-0.05, 0) is 91.5 Å². The molecule has 40 heavy (non-hydrogen) atoms. The van der Waals surface area contributed by atoms with Crippen molar-refractivity contribution in [3.05, 3.63) is 64.7 Å². The van der Waals surface area contributed by atoms with E-state index in [1.807, 2.05) is 6.07 Å². The summed E-state index contributed by atoms with van der Waals surface area (Å²) in [6.45, 7) is 0.969. The first kappa shape index (κ1) is 27.9. The summed E-state index contributed by atoms with van der Waals surface area (Å²) in [5, 5.41) is 9.15. The predicted molar refractivity (Wildman–Crippen MR) is 151 cm³/mol. The molecule has 4 aliphatic carbocycles. The lowest BCUT2D eigenvalue weighted by Gasteiger charge is -2.57. The summed E-state index contributed by atoms with van der Waals surface area (Å²) in [5.74, 6) is 4.45. The van der Waals surface area contributed by atoms with Gasteiger partial charge < -0.3 is 24.1 Å². The molecule has 1 N–H and O–H groups in total. The molecule has 0 spiro atoms. The number of benzene rings is 2. The first-order valence-corrected chi connectivity index (χ1v) is 13.9. The third kappa shape index (κ3) is 6.09. The van der Waals surface area contributed by atoms with E-state index in [0.29, 0.717) is 48.0 Å². The van der Waals surface area contributed by atoms with Gasteiger partial charge in [0, 0.05) is 18.7 Å². The highest BCUT2D eigenvalue weighted by molar-refractivity contribution is 6.09. The molecule has 0 heterocycles. The van der Waals surface area contributed by atoms with Crippen LogP contribution in [0.25, 0.3) is 6.08 Å². The molecule has 2 aromatic rings. The van der Waals surface area contributed by atoms with Crippen molar-refractivity contribution < 1.29 is 33.6 Å². The third-order valence-electron chi connectivity index (χ3n) is 8.58. The van der Waals surface area contributed by atoms with Crippen LogP contribution in [0.4, 0.5) is 0 Å². The van der Waals surface area contributed by atoms with Crippen LogP contribution in [0.15, 0.2) is 42.5 Å². The molecule has 4 bridgehead atoms. The van der Waals surface area contributed by atoms with E-state index in [0.717, 1.165) is 30.4 Å². The second-order valence-corrected chi connectivity index (χ2v) is 11.3. The van der Waals surface area contributed by atoms with Gasteiger partial charge >= 0.3 is 5.97 Å². The Morgan fingerprint density at radius 1 is 1.00 bits per heavy atom. The number of carboxylic acid groups (broad SMARTS) is 1. The highest BCUT2D eigenvalue weighted by Crippen LogP contribution is 2.62. The minimum atomic E-state index is -0.995. The monoisotopic (exact) mass is 544 g/mol. The molecule has 4 saturated carbocycles. The van der Waals surface area contributed by atoms with Gasteiger partial charge in [-0.3, -0.25) is 4.79 Å². The number of aromatic carboxylic acids is 1. The zero-order valence-electron chi connectivity index (χ0n) is 22.9. The minimum absolute atomic E-state index is 0.0150. The van der Waals surface area contributed by atoms with E-state index in [2.05, 4.69) is 5.92 Å². The van der Waals surface area contributed by atoms with Gasteiger partial charge in [0.15, 0.2) is 12.6 Å². The number of hydrogen-bond acceptors (Lipinski definition) is 6. The molecule has 0 unspecified atom stereocenters. The lowest BCUT2D eigenvalue weighted by Crippen LogP contribution is -2.48. The normalized spacial score (nSPS) is 24.6. The van der Waals surface area contributed by atoms with Gasteiger partial charge in [0.1, 0.15) is 18.1 Å². The summed E-state index contributed by atoms with van der Waals surface area (Å²) in [4.78, 5) is 24.8. The molecule has 210 valence electrons. The molecular weight excluding hydrogens is 508 g/mol. The molecule has 7 heteroatoms. The Hall–Kier alpha value is -3.60. The van der Waals surface area contributed by atoms with Crippen LogP contribution in [-0.2, 0) is 14.9 Å².